The maximum absolute atomic E-state index is 13.2. The van der Waals surface area contributed by atoms with Gasteiger partial charge in [-0.1, -0.05) is 0 Å². The normalized spacial score (nSPS) is 17.3. The molecule has 0 aliphatic carbocycles. The molecule has 14 heteroatoms. The second-order valence-electron chi connectivity index (χ2n) is 9.95. The number of sulfonamides is 1. The summed E-state index contributed by atoms with van der Waals surface area (Å²) >= 11 is 0. The lowest BCUT2D eigenvalue weighted by molar-refractivity contribution is -0.116. The first kappa shape index (κ1) is 28.0. The van der Waals surface area contributed by atoms with Gasteiger partial charge >= 0.3 is 0 Å². The van der Waals surface area contributed by atoms with Gasteiger partial charge in [-0.3, -0.25) is 9.69 Å². The number of hydrogen-bond acceptors (Lipinski definition) is 10. The predicted octanol–water partition coefficient (Wildman–Crippen LogP) is 1.61. The fourth-order valence-corrected chi connectivity index (χ4v) is 6.25. The third kappa shape index (κ3) is 5.79. The van der Waals surface area contributed by atoms with Gasteiger partial charge in [-0.05, 0) is 29.8 Å². The van der Waals surface area contributed by atoms with Crippen molar-refractivity contribution in [1.29, 1.82) is 0 Å². The van der Waals surface area contributed by atoms with E-state index >= 15 is 0 Å². The summed E-state index contributed by atoms with van der Waals surface area (Å²) in [7, 11) is -2.28. The van der Waals surface area contributed by atoms with Gasteiger partial charge in [-0.15, -0.1) is 0 Å². The third-order valence-corrected chi connectivity index (χ3v) is 8.84. The van der Waals surface area contributed by atoms with E-state index in [0.717, 1.165) is 13.1 Å². The Hall–Kier alpha value is -4.11. The van der Waals surface area contributed by atoms with E-state index in [9.17, 15) is 13.2 Å². The summed E-state index contributed by atoms with van der Waals surface area (Å²) in [6, 6.07) is 8.14. The number of amides is 1. The number of carbonyl (C=O) groups is 1. The lowest BCUT2D eigenvalue weighted by Gasteiger charge is -2.26. The van der Waals surface area contributed by atoms with Gasteiger partial charge < -0.3 is 24.1 Å². The number of anilines is 1. The number of aromatic nitrogens is 4. The number of morpholine rings is 1. The molecule has 4 heterocycles. The fraction of sp³-hybridized carbons (Fsp3) is 0.357. The van der Waals surface area contributed by atoms with E-state index in [2.05, 4.69) is 29.9 Å². The molecule has 6 rings (SSSR count). The molecule has 0 bridgehead atoms. The van der Waals surface area contributed by atoms with Gasteiger partial charge in [0.05, 0.1) is 49.3 Å². The maximum Gasteiger partial charge on any atom is 0.240 e. The van der Waals surface area contributed by atoms with Gasteiger partial charge in [0.2, 0.25) is 15.9 Å². The van der Waals surface area contributed by atoms with Gasteiger partial charge in [0, 0.05) is 55.7 Å². The molecule has 1 fully saturated rings. The van der Waals surface area contributed by atoms with Crippen LogP contribution in [0.2, 0.25) is 0 Å². The van der Waals surface area contributed by atoms with Crippen molar-refractivity contribution in [3.05, 3.63) is 66.6 Å². The van der Waals surface area contributed by atoms with Crippen molar-refractivity contribution in [2.24, 2.45) is 0 Å². The minimum absolute atomic E-state index is 0.0780. The highest BCUT2D eigenvalue weighted by Gasteiger charge is 2.36. The second kappa shape index (κ2) is 12.0. The van der Waals surface area contributed by atoms with Gasteiger partial charge in [0.15, 0.2) is 11.5 Å². The molecule has 0 radical (unpaired) electrons. The van der Waals surface area contributed by atoms with Gasteiger partial charge in [-0.25, -0.2) is 28.1 Å². The monoisotopic (exact) mass is 593 g/mol. The molecule has 42 heavy (non-hydrogen) atoms. The zero-order chi connectivity index (χ0) is 29.1. The summed E-state index contributed by atoms with van der Waals surface area (Å²) < 4.78 is 47.9. The van der Waals surface area contributed by atoms with Crippen LogP contribution < -0.4 is 19.5 Å². The lowest BCUT2D eigenvalue weighted by Crippen LogP contribution is -2.41. The quantitative estimate of drug-likeness (QED) is 0.263. The number of carbonyl (C=O) groups excluding carboxylic acids is 1. The molecular weight excluding hydrogens is 562 g/mol. The number of hydrogen-bond donors (Lipinski definition) is 2. The van der Waals surface area contributed by atoms with Crippen LogP contribution in [0.5, 0.6) is 11.5 Å². The minimum atomic E-state index is -3.81. The number of rotatable bonds is 11. The molecule has 4 aromatic rings. The molecule has 0 spiro atoms. The van der Waals surface area contributed by atoms with Crippen LogP contribution in [0.3, 0.4) is 0 Å². The molecule has 0 saturated carbocycles. The first-order chi connectivity index (χ1) is 20.4. The first-order valence-electron chi connectivity index (χ1n) is 13.6. The van der Waals surface area contributed by atoms with Gasteiger partial charge in [0.1, 0.15) is 18.9 Å². The van der Waals surface area contributed by atoms with Crippen LogP contribution in [0.25, 0.3) is 10.9 Å². The van der Waals surface area contributed by atoms with Crippen LogP contribution >= 0.6 is 0 Å². The topological polar surface area (TPSA) is 150 Å². The second-order valence-corrected chi connectivity index (χ2v) is 11.7. The fourth-order valence-electron chi connectivity index (χ4n) is 5.19. The molecule has 220 valence electrons. The Balaban J connectivity index is 1.26. The van der Waals surface area contributed by atoms with E-state index in [-0.39, 0.29) is 17.3 Å². The SMILES string of the molecule is COc1cc2c(C3C(=O)Nc4ccc(S(=O)(=O)NCCN5CCOCC5)cc43)ncnc2cc1OCCn1ccnc1. The number of methoxy groups -OCH3 is 1. The molecule has 2 aromatic carbocycles. The van der Waals surface area contributed by atoms with E-state index in [0.29, 0.717) is 72.3 Å². The van der Waals surface area contributed by atoms with E-state index in [1.165, 1.54) is 25.6 Å². The smallest absolute Gasteiger partial charge is 0.240 e. The molecular formula is C28H31N7O6S. The molecule has 1 saturated heterocycles. The van der Waals surface area contributed by atoms with Crippen molar-refractivity contribution in [1.82, 2.24) is 29.1 Å². The number of nitrogens with one attached hydrogen (secondary N) is 2. The Morgan fingerprint density at radius 1 is 1.12 bits per heavy atom. The Morgan fingerprint density at radius 2 is 1.98 bits per heavy atom. The van der Waals surface area contributed by atoms with Crippen LogP contribution in [0.4, 0.5) is 5.69 Å². The number of ether oxygens (including phenoxy) is 3. The average molecular weight is 594 g/mol. The molecule has 2 aromatic heterocycles. The van der Waals surface area contributed by atoms with Crippen LogP contribution in [0.15, 0.2) is 60.3 Å². The van der Waals surface area contributed by atoms with Crippen molar-refractivity contribution in [3.63, 3.8) is 0 Å². The summed E-state index contributed by atoms with van der Waals surface area (Å²) in [5.41, 5.74) is 2.06. The molecule has 2 N–H and O–H groups in total. The summed E-state index contributed by atoms with van der Waals surface area (Å²) in [5.74, 6) is -0.183. The molecule has 13 nitrogen and oxygen atoms in total. The van der Waals surface area contributed by atoms with Crippen LogP contribution in [-0.2, 0) is 26.1 Å². The Kier molecular flexibility index (Phi) is 8.02. The summed E-state index contributed by atoms with van der Waals surface area (Å²) in [5, 5.41) is 3.46. The average Bonchev–Trinajstić information content (AvgIpc) is 3.63. The van der Waals surface area contributed by atoms with Crippen molar-refractivity contribution in [2.45, 2.75) is 17.4 Å². The van der Waals surface area contributed by atoms with E-state index in [4.69, 9.17) is 14.2 Å². The Labute approximate surface area is 242 Å². The number of benzene rings is 2. The zero-order valence-corrected chi connectivity index (χ0v) is 23.8. The van der Waals surface area contributed by atoms with Crippen molar-refractivity contribution in [3.8, 4) is 11.5 Å². The highest BCUT2D eigenvalue weighted by Crippen LogP contribution is 2.41. The van der Waals surface area contributed by atoms with Crippen LogP contribution in [0, 0.1) is 0 Å². The largest absolute Gasteiger partial charge is 0.493 e. The number of fused-ring (bicyclic) bond motifs is 2. The predicted molar refractivity (Wildman–Crippen MR) is 153 cm³/mol. The summed E-state index contributed by atoms with van der Waals surface area (Å²) in [4.78, 5) is 28.4. The molecule has 2 aliphatic heterocycles. The van der Waals surface area contributed by atoms with E-state index in [1.807, 2.05) is 10.8 Å². The van der Waals surface area contributed by atoms with Crippen molar-refractivity contribution in [2.75, 3.05) is 58.4 Å². The zero-order valence-electron chi connectivity index (χ0n) is 23.0. The molecule has 1 atom stereocenters. The van der Waals surface area contributed by atoms with Crippen LogP contribution in [-0.4, -0.2) is 91.9 Å². The van der Waals surface area contributed by atoms with E-state index < -0.39 is 15.9 Å². The van der Waals surface area contributed by atoms with E-state index in [1.54, 1.807) is 30.7 Å². The lowest BCUT2D eigenvalue weighted by atomic mass is 9.94. The summed E-state index contributed by atoms with van der Waals surface area (Å²) in [6.45, 7) is 4.66. The highest BCUT2D eigenvalue weighted by atomic mass is 32.2. The number of nitrogens with zero attached hydrogens (tertiary/aromatic N) is 5. The molecule has 1 amide bonds. The summed E-state index contributed by atoms with van der Waals surface area (Å²) in [6.07, 6.45) is 6.65. The highest BCUT2D eigenvalue weighted by molar-refractivity contribution is 7.89. The van der Waals surface area contributed by atoms with Crippen molar-refractivity contribution >= 4 is 32.5 Å². The van der Waals surface area contributed by atoms with Gasteiger partial charge in [-0.2, -0.15) is 0 Å². The third-order valence-electron chi connectivity index (χ3n) is 7.38. The standard InChI is InChI=1S/C28H31N7O6S/c1-39-24-15-21-23(16-25(24)41-13-10-35-6-4-29-18-35)30-17-31-27(21)26-20-14-19(2-3-22(20)33-28(26)36)42(37,38)32-5-7-34-8-11-40-12-9-34/h2-4,6,14-18,26,32H,5,7-13H2,1H3,(H,33,36). The van der Waals surface area contributed by atoms with Crippen LogP contribution in [0.1, 0.15) is 17.2 Å². The Bertz CT molecular complexity index is 1690. The minimum Gasteiger partial charge on any atom is -0.493 e. The number of imidazole rings is 1. The Morgan fingerprint density at radius 3 is 2.76 bits per heavy atom. The molecule has 1 unspecified atom stereocenters. The van der Waals surface area contributed by atoms with Crippen molar-refractivity contribution < 1.29 is 27.4 Å². The molecule has 2 aliphatic rings. The van der Waals surface area contributed by atoms with Gasteiger partial charge in [0.25, 0.3) is 0 Å². The first-order valence-corrected chi connectivity index (χ1v) is 15.1. The maximum atomic E-state index is 13.2.